The lowest BCUT2D eigenvalue weighted by Crippen LogP contribution is -2.33. The van der Waals surface area contributed by atoms with Crippen LogP contribution in [0.15, 0.2) is 24.3 Å². The summed E-state index contributed by atoms with van der Waals surface area (Å²) in [5.74, 6) is 1.01. The molecular weight excluding hydrogens is 222 g/mol. The summed E-state index contributed by atoms with van der Waals surface area (Å²) in [7, 11) is 0. The van der Waals surface area contributed by atoms with Crippen LogP contribution in [-0.4, -0.2) is 31.1 Å². The molecule has 0 aromatic heterocycles. The molecule has 1 aliphatic rings. The quantitative estimate of drug-likeness (QED) is 0.763. The lowest BCUT2D eigenvalue weighted by Gasteiger charge is -2.26. The molecule has 0 unspecified atom stereocenters. The molecule has 0 atom stereocenters. The summed E-state index contributed by atoms with van der Waals surface area (Å²) in [5, 5.41) is 0. The largest absolute Gasteiger partial charge is 0.492 e. The van der Waals surface area contributed by atoms with Gasteiger partial charge in [-0.15, -0.1) is 0 Å². The van der Waals surface area contributed by atoms with Gasteiger partial charge in [0, 0.05) is 6.54 Å². The van der Waals surface area contributed by atoms with Crippen LogP contribution in [-0.2, 0) is 6.42 Å². The van der Waals surface area contributed by atoms with E-state index in [0.717, 1.165) is 25.3 Å². The summed E-state index contributed by atoms with van der Waals surface area (Å²) in [6, 6.07) is 8.56. The molecule has 1 heterocycles. The first-order valence-corrected chi connectivity index (χ1v) is 7.32. The maximum Gasteiger partial charge on any atom is 0.119 e. The van der Waals surface area contributed by atoms with Crippen molar-refractivity contribution >= 4 is 0 Å². The second-order valence-corrected chi connectivity index (χ2v) is 5.14. The average Bonchev–Trinajstić information content (AvgIpc) is 2.42. The molecule has 1 fully saturated rings. The van der Waals surface area contributed by atoms with Gasteiger partial charge in [0.25, 0.3) is 0 Å². The van der Waals surface area contributed by atoms with Crippen molar-refractivity contribution in [2.24, 2.45) is 0 Å². The number of hydrogen-bond donors (Lipinski definition) is 0. The van der Waals surface area contributed by atoms with Crippen LogP contribution in [0.1, 0.15) is 38.2 Å². The van der Waals surface area contributed by atoms with Crippen LogP contribution < -0.4 is 4.74 Å². The van der Waals surface area contributed by atoms with E-state index in [-0.39, 0.29) is 0 Å². The fourth-order valence-corrected chi connectivity index (χ4v) is 2.52. The molecule has 0 spiro atoms. The van der Waals surface area contributed by atoms with Gasteiger partial charge in [-0.25, -0.2) is 0 Å². The van der Waals surface area contributed by atoms with Crippen molar-refractivity contribution in [3.05, 3.63) is 29.8 Å². The van der Waals surface area contributed by atoms with Crippen LogP contribution in [0.5, 0.6) is 5.75 Å². The van der Waals surface area contributed by atoms with Gasteiger partial charge in [-0.3, -0.25) is 4.90 Å². The minimum absolute atomic E-state index is 0.813. The van der Waals surface area contributed by atoms with Gasteiger partial charge in [0.2, 0.25) is 0 Å². The Morgan fingerprint density at radius 2 is 1.78 bits per heavy atom. The molecule has 100 valence electrons. The van der Waals surface area contributed by atoms with Gasteiger partial charge in [-0.05, 0) is 50.0 Å². The maximum absolute atomic E-state index is 5.80. The monoisotopic (exact) mass is 247 g/mol. The van der Waals surface area contributed by atoms with E-state index in [0.29, 0.717) is 0 Å². The molecular formula is C16H25NO. The second-order valence-electron chi connectivity index (χ2n) is 5.14. The van der Waals surface area contributed by atoms with Crippen LogP contribution in [0.25, 0.3) is 0 Å². The van der Waals surface area contributed by atoms with Gasteiger partial charge in [0.05, 0.1) is 0 Å². The van der Waals surface area contributed by atoms with Gasteiger partial charge in [0.15, 0.2) is 0 Å². The van der Waals surface area contributed by atoms with E-state index < -0.39 is 0 Å². The number of likely N-dealkylation sites (tertiary alicyclic amines) is 1. The standard InChI is InChI=1S/C16H25NO/c1-2-6-15-7-9-16(10-8-15)18-14-13-17-11-4-3-5-12-17/h7-10H,2-6,11-14H2,1H3. The fourth-order valence-electron chi connectivity index (χ4n) is 2.52. The van der Waals surface area contributed by atoms with Crippen LogP contribution >= 0.6 is 0 Å². The van der Waals surface area contributed by atoms with Gasteiger partial charge in [-0.2, -0.15) is 0 Å². The number of rotatable bonds is 6. The van der Waals surface area contributed by atoms with Crippen LogP contribution in [0.3, 0.4) is 0 Å². The van der Waals surface area contributed by atoms with Crippen LogP contribution in [0.4, 0.5) is 0 Å². The molecule has 2 nitrogen and oxygen atoms in total. The Balaban J connectivity index is 1.69. The second kappa shape index (κ2) is 7.42. The molecule has 18 heavy (non-hydrogen) atoms. The zero-order valence-electron chi connectivity index (χ0n) is 11.5. The van der Waals surface area contributed by atoms with Gasteiger partial charge in [-0.1, -0.05) is 31.9 Å². The van der Waals surface area contributed by atoms with E-state index in [1.165, 1.54) is 44.3 Å². The Hall–Kier alpha value is -1.02. The first-order valence-electron chi connectivity index (χ1n) is 7.32. The van der Waals surface area contributed by atoms with Crippen molar-refractivity contribution < 1.29 is 4.74 Å². The normalized spacial score (nSPS) is 16.7. The summed E-state index contributed by atoms with van der Waals surface area (Å²) >= 11 is 0. The minimum Gasteiger partial charge on any atom is -0.492 e. The van der Waals surface area contributed by atoms with E-state index in [2.05, 4.69) is 36.1 Å². The van der Waals surface area contributed by atoms with Crippen molar-refractivity contribution in [3.63, 3.8) is 0 Å². The SMILES string of the molecule is CCCc1ccc(OCCN2CCCCC2)cc1. The Bertz CT molecular complexity index is 327. The van der Waals surface area contributed by atoms with E-state index >= 15 is 0 Å². The van der Waals surface area contributed by atoms with Crippen molar-refractivity contribution in [2.75, 3.05) is 26.2 Å². The summed E-state index contributed by atoms with van der Waals surface area (Å²) in [4.78, 5) is 2.51. The van der Waals surface area contributed by atoms with Gasteiger partial charge < -0.3 is 4.74 Å². The number of benzene rings is 1. The molecule has 0 radical (unpaired) electrons. The predicted octanol–water partition coefficient (Wildman–Crippen LogP) is 3.50. The zero-order valence-corrected chi connectivity index (χ0v) is 11.5. The molecule has 1 aromatic rings. The molecule has 1 aromatic carbocycles. The lowest BCUT2D eigenvalue weighted by molar-refractivity contribution is 0.183. The van der Waals surface area contributed by atoms with Crippen molar-refractivity contribution in [1.29, 1.82) is 0 Å². The van der Waals surface area contributed by atoms with Gasteiger partial charge >= 0.3 is 0 Å². The highest BCUT2D eigenvalue weighted by molar-refractivity contribution is 5.27. The zero-order chi connectivity index (χ0) is 12.6. The maximum atomic E-state index is 5.80. The highest BCUT2D eigenvalue weighted by atomic mass is 16.5. The van der Waals surface area contributed by atoms with Crippen molar-refractivity contribution in [3.8, 4) is 5.75 Å². The fraction of sp³-hybridized carbons (Fsp3) is 0.625. The van der Waals surface area contributed by atoms with E-state index in [1.807, 2.05) is 0 Å². The Morgan fingerprint density at radius 3 is 2.44 bits per heavy atom. The molecule has 0 bridgehead atoms. The molecule has 0 N–H and O–H groups in total. The number of piperidine rings is 1. The first kappa shape index (κ1) is 13.4. The predicted molar refractivity (Wildman–Crippen MR) is 76.2 cm³/mol. The molecule has 2 heteroatoms. The summed E-state index contributed by atoms with van der Waals surface area (Å²) in [6.45, 7) is 6.59. The molecule has 1 saturated heterocycles. The summed E-state index contributed by atoms with van der Waals surface area (Å²) < 4.78 is 5.80. The molecule has 2 rings (SSSR count). The number of aryl methyl sites for hydroxylation is 1. The summed E-state index contributed by atoms with van der Waals surface area (Å²) in [5.41, 5.74) is 1.40. The molecule has 1 aliphatic heterocycles. The number of ether oxygens (including phenoxy) is 1. The van der Waals surface area contributed by atoms with E-state index in [4.69, 9.17) is 4.74 Å². The topological polar surface area (TPSA) is 12.5 Å². The smallest absolute Gasteiger partial charge is 0.119 e. The molecule has 0 saturated carbocycles. The Kier molecular flexibility index (Phi) is 5.53. The van der Waals surface area contributed by atoms with E-state index in [9.17, 15) is 0 Å². The van der Waals surface area contributed by atoms with Crippen molar-refractivity contribution in [2.45, 2.75) is 39.0 Å². The lowest BCUT2D eigenvalue weighted by atomic mass is 10.1. The molecule has 0 amide bonds. The third kappa shape index (κ3) is 4.34. The van der Waals surface area contributed by atoms with E-state index in [1.54, 1.807) is 0 Å². The first-order chi connectivity index (χ1) is 8.88. The van der Waals surface area contributed by atoms with Crippen LogP contribution in [0.2, 0.25) is 0 Å². The average molecular weight is 247 g/mol. The third-order valence-electron chi connectivity index (χ3n) is 3.59. The van der Waals surface area contributed by atoms with Gasteiger partial charge in [0.1, 0.15) is 12.4 Å². The highest BCUT2D eigenvalue weighted by Gasteiger charge is 2.09. The van der Waals surface area contributed by atoms with Crippen LogP contribution in [0, 0.1) is 0 Å². The minimum atomic E-state index is 0.813. The summed E-state index contributed by atoms with van der Waals surface area (Å²) in [6.07, 6.45) is 6.47. The highest BCUT2D eigenvalue weighted by Crippen LogP contribution is 2.14. The number of hydrogen-bond acceptors (Lipinski definition) is 2. The molecule has 0 aliphatic carbocycles. The third-order valence-corrected chi connectivity index (χ3v) is 3.59. The Labute approximate surface area is 111 Å². The van der Waals surface area contributed by atoms with Crippen molar-refractivity contribution in [1.82, 2.24) is 4.90 Å². The Morgan fingerprint density at radius 1 is 1.06 bits per heavy atom. The number of nitrogens with zero attached hydrogens (tertiary/aromatic N) is 1.